The highest BCUT2D eigenvalue weighted by Gasteiger charge is 2.16. The van der Waals surface area contributed by atoms with E-state index in [1.807, 2.05) is 0 Å². The third-order valence-corrected chi connectivity index (χ3v) is 9.08. The van der Waals surface area contributed by atoms with E-state index >= 15 is 0 Å². The van der Waals surface area contributed by atoms with Crippen LogP contribution in [-0.4, -0.2) is 36.4 Å². The zero-order valence-corrected chi connectivity index (χ0v) is 30.6. The molecule has 0 unspecified atom stereocenters. The smallest absolute Gasteiger partial charge is 0.306 e. The molecule has 0 aliphatic rings. The van der Waals surface area contributed by atoms with E-state index in [2.05, 4.69) is 20.8 Å². The van der Waals surface area contributed by atoms with Crippen LogP contribution in [0.5, 0.6) is 0 Å². The van der Waals surface area contributed by atoms with Gasteiger partial charge in [-0.25, -0.2) is 0 Å². The molecule has 5 nitrogen and oxygen atoms in total. The van der Waals surface area contributed by atoms with Crippen molar-refractivity contribution in [3.8, 4) is 0 Å². The molecule has 0 bridgehead atoms. The van der Waals surface area contributed by atoms with Crippen molar-refractivity contribution >= 4 is 11.9 Å². The Morgan fingerprint density at radius 1 is 0.489 bits per heavy atom. The van der Waals surface area contributed by atoms with Crippen LogP contribution in [-0.2, 0) is 19.1 Å². The van der Waals surface area contributed by atoms with Crippen LogP contribution in [0.1, 0.15) is 220 Å². The molecule has 5 heteroatoms. The van der Waals surface area contributed by atoms with E-state index in [4.69, 9.17) is 9.47 Å². The fraction of sp³-hybridized carbons (Fsp3) is 0.950. The third kappa shape index (κ3) is 35.6. The number of unbranched alkanes of at least 4 members (excludes halogenated alkanes) is 26. The van der Waals surface area contributed by atoms with Crippen molar-refractivity contribution in [2.24, 2.45) is 5.92 Å². The fourth-order valence-corrected chi connectivity index (χ4v) is 6.03. The number of carbonyl (C=O) groups excluding carboxylic acids is 2. The molecule has 0 spiro atoms. The normalized spacial score (nSPS) is 12.1. The summed E-state index contributed by atoms with van der Waals surface area (Å²) in [6.07, 6.45) is 37.3. The molecule has 0 heterocycles. The molecule has 0 saturated carbocycles. The minimum atomic E-state index is -0.761. The number of rotatable bonds is 36. The number of esters is 2. The maximum absolute atomic E-state index is 12.2. The Balaban J connectivity index is 3.49. The molecule has 0 aromatic rings. The van der Waals surface area contributed by atoms with Crippen LogP contribution in [0.15, 0.2) is 0 Å². The SMILES string of the molecule is CCCCCCCCCCCCCCCCC(=O)OC[C@H](CO)OC(=O)CCCCCCCCCCCCCCCCC(C)C. The molecular formula is C40H78O5. The van der Waals surface area contributed by atoms with E-state index < -0.39 is 6.10 Å². The van der Waals surface area contributed by atoms with E-state index in [9.17, 15) is 14.7 Å². The number of hydrogen-bond donors (Lipinski definition) is 1. The Bertz CT molecular complexity index is 620. The highest BCUT2D eigenvalue weighted by molar-refractivity contribution is 5.70. The van der Waals surface area contributed by atoms with Crippen molar-refractivity contribution in [2.45, 2.75) is 226 Å². The van der Waals surface area contributed by atoms with Crippen molar-refractivity contribution in [3.05, 3.63) is 0 Å². The van der Waals surface area contributed by atoms with Crippen molar-refractivity contribution in [1.29, 1.82) is 0 Å². The molecule has 0 rings (SSSR count). The predicted molar refractivity (Wildman–Crippen MR) is 192 cm³/mol. The Hall–Kier alpha value is -1.10. The van der Waals surface area contributed by atoms with Gasteiger partial charge >= 0.3 is 11.9 Å². The largest absolute Gasteiger partial charge is 0.462 e. The van der Waals surface area contributed by atoms with Crippen molar-refractivity contribution in [1.82, 2.24) is 0 Å². The van der Waals surface area contributed by atoms with E-state index in [1.165, 1.54) is 154 Å². The summed E-state index contributed by atoms with van der Waals surface area (Å²) in [4.78, 5) is 24.2. The van der Waals surface area contributed by atoms with Crippen molar-refractivity contribution < 1.29 is 24.2 Å². The van der Waals surface area contributed by atoms with Crippen LogP contribution in [0.2, 0.25) is 0 Å². The second-order valence-corrected chi connectivity index (χ2v) is 14.2. The van der Waals surface area contributed by atoms with Gasteiger partial charge in [-0.3, -0.25) is 9.59 Å². The van der Waals surface area contributed by atoms with Crippen LogP contribution < -0.4 is 0 Å². The summed E-state index contributed by atoms with van der Waals surface area (Å²) >= 11 is 0. The molecule has 0 aliphatic carbocycles. The number of hydrogen-bond acceptors (Lipinski definition) is 5. The summed E-state index contributed by atoms with van der Waals surface area (Å²) in [6, 6.07) is 0. The first-order chi connectivity index (χ1) is 22.0. The van der Waals surface area contributed by atoms with Crippen LogP contribution >= 0.6 is 0 Å². The second-order valence-electron chi connectivity index (χ2n) is 14.2. The molecule has 0 amide bonds. The first-order valence-electron chi connectivity index (χ1n) is 20.0. The summed E-state index contributed by atoms with van der Waals surface area (Å²) in [6.45, 7) is 6.52. The zero-order chi connectivity index (χ0) is 33.1. The van der Waals surface area contributed by atoms with E-state index in [1.54, 1.807) is 0 Å². The number of carbonyl (C=O) groups is 2. The Labute approximate surface area is 280 Å². The van der Waals surface area contributed by atoms with E-state index in [0.29, 0.717) is 12.8 Å². The average Bonchev–Trinajstić information content (AvgIpc) is 3.02. The molecule has 45 heavy (non-hydrogen) atoms. The second kappa shape index (κ2) is 35.7. The molecule has 0 fully saturated rings. The van der Waals surface area contributed by atoms with Gasteiger partial charge < -0.3 is 14.6 Å². The van der Waals surface area contributed by atoms with Crippen molar-refractivity contribution in [2.75, 3.05) is 13.2 Å². The molecular weight excluding hydrogens is 560 g/mol. The minimum absolute atomic E-state index is 0.0576. The maximum Gasteiger partial charge on any atom is 0.306 e. The maximum atomic E-state index is 12.2. The van der Waals surface area contributed by atoms with Gasteiger partial charge in [-0.2, -0.15) is 0 Å². The quantitative estimate of drug-likeness (QED) is 0.0546. The van der Waals surface area contributed by atoms with Gasteiger partial charge in [0.25, 0.3) is 0 Å². The highest BCUT2D eigenvalue weighted by atomic mass is 16.6. The summed E-state index contributed by atoms with van der Waals surface area (Å²) in [5.74, 6) is 0.275. The standard InChI is InChI=1S/C40H78O5/c1-4-5-6-7-8-9-10-11-15-18-21-24-27-30-33-39(42)44-36-38(35-41)45-40(43)34-31-28-25-22-19-16-13-12-14-17-20-23-26-29-32-37(2)3/h37-38,41H,4-36H2,1-3H3/t38-/m0/s1. The summed E-state index contributed by atoms with van der Waals surface area (Å²) in [5.41, 5.74) is 0. The fourth-order valence-electron chi connectivity index (χ4n) is 6.03. The molecule has 0 saturated heterocycles. The molecule has 1 atom stereocenters. The lowest BCUT2D eigenvalue weighted by molar-refractivity contribution is -0.161. The van der Waals surface area contributed by atoms with Crippen LogP contribution in [0.3, 0.4) is 0 Å². The number of aliphatic hydroxyl groups excluding tert-OH is 1. The summed E-state index contributed by atoms with van der Waals surface area (Å²) in [7, 11) is 0. The topological polar surface area (TPSA) is 72.8 Å². The van der Waals surface area contributed by atoms with Crippen LogP contribution in [0.25, 0.3) is 0 Å². The lowest BCUT2D eigenvalue weighted by Crippen LogP contribution is -2.28. The van der Waals surface area contributed by atoms with Crippen LogP contribution in [0.4, 0.5) is 0 Å². The molecule has 0 aliphatic heterocycles. The lowest BCUT2D eigenvalue weighted by atomic mass is 10.0. The van der Waals surface area contributed by atoms with Crippen LogP contribution in [0, 0.1) is 5.92 Å². The summed E-state index contributed by atoms with van der Waals surface area (Å²) in [5, 5.41) is 9.55. The predicted octanol–water partition coefficient (Wildman–Crippen LogP) is 12.2. The lowest BCUT2D eigenvalue weighted by Gasteiger charge is -2.15. The van der Waals surface area contributed by atoms with Gasteiger partial charge in [0.05, 0.1) is 6.61 Å². The summed E-state index contributed by atoms with van der Waals surface area (Å²) < 4.78 is 10.6. The Morgan fingerprint density at radius 2 is 0.822 bits per heavy atom. The first kappa shape index (κ1) is 43.9. The average molecular weight is 639 g/mol. The molecule has 268 valence electrons. The van der Waals surface area contributed by atoms with Crippen molar-refractivity contribution in [3.63, 3.8) is 0 Å². The van der Waals surface area contributed by atoms with E-state index in [-0.39, 0.29) is 25.2 Å². The van der Waals surface area contributed by atoms with Gasteiger partial charge in [-0.05, 0) is 18.8 Å². The Morgan fingerprint density at radius 3 is 1.18 bits per heavy atom. The molecule has 0 aromatic carbocycles. The highest BCUT2D eigenvalue weighted by Crippen LogP contribution is 2.16. The molecule has 0 aromatic heterocycles. The zero-order valence-electron chi connectivity index (χ0n) is 30.6. The number of aliphatic hydroxyl groups is 1. The first-order valence-corrected chi connectivity index (χ1v) is 20.0. The Kier molecular flexibility index (Phi) is 34.9. The minimum Gasteiger partial charge on any atom is -0.462 e. The molecule has 1 N–H and O–H groups in total. The monoisotopic (exact) mass is 639 g/mol. The number of ether oxygens (including phenoxy) is 2. The van der Waals surface area contributed by atoms with Gasteiger partial charge in [-0.1, -0.05) is 194 Å². The van der Waals surface area contributed by atoms with Gasteiger partial charge in [0.2, 0.25) is 0 Å². The van der Waals surface area contributed by atoms with Gasteiger partial charge in [0.15, 0.2) is 6.10 Å². The van der Waals surface area contributed by atoms with E-state index in [0.717, 1.165) is 38.0 Å². The van der Waals surface area contributed by atoms with Gasteiger partial charge in [-0.15, -0.1) is 0 Å². The van der Waals surface area contributed by atoms with Gasteiger partial charge in [0.1, 0.15) is 6.61 Å². The van der Waals surface area contributed by atoms with Gasteiger partial charge in [0, 0.05) is 12.8 Å². The third-order valence-electron chi connectivity index (χ3n) is 9.08. The molecule has 0 radical (unpaired) electrons.